The monoisotopic (exact) mass is 513 g/mol. The van der Waals surface area contributed by atoms with Crippen LogP contribution in [0.15, 0.2) is 30.5 Å². The number of carbonyl (C=O) groups is 1. The molecule has 0 atom stereocenters. The molecule has 3 fully saturated rings. The third kappa shape index (κ3) is 4.59. The van der Waals surface area contributed by atoms with E-state index in [9.17, 15) is 18.7 Å². The minimum atomic E-state index is -2.62. The number of alkyl halides is 2. The molecule has 3 aliphatic rings. The van der Waals surface area contributed by atoms with E-state index in [-0.39, 0.29) is 37.8 Å². The number of aromatic nitrogens is 4. The maximum atomic E-state index is 13.7. The number of rotatable bonds is 7. The number of nitrogens with one attached hydrogen (secondary N) is 1. The van der Waals surface area contributed by atoms with Gasteiger partial charge in [-0.25, -0.2) is 18.3 Å². The van der Waals surface area contributed by atoms with Gasteiger partial charge in [0.05, 0.1) is 42.1 Å². The van der Waals surface area contributed by atoms with Crippen LogP contribution in [0.25, 0.3) is 16.7 Å². The number of anilines is 2. The lowest BCUT2D eigenvalue weighted by Crippen LogP contribution is -2.59. The Morgan fingerprint density at radius 1 is 1.27 bits per heavy atom. The van der Waals surface area contributed by atoms with Crippen LogP contribution >= 0.6 is 0 Å². The zero-order valence-electron chi connectivity index (χ0n) is 20.5. The number of aliphatic hydroxyl groups is 1. The molecule has 0 spiro atoms. The lowest BCUT2D eigenvalue weighted by atomic mass is 9.90. The van der Waals surface area contributed by atoms with Gasteiger partial charge in [0.15, 0.2) is 5.65 Å². The Kier molecular flexibility index (Phi) is 5.95. The Labute approximate surface area is 212 Å². The summed E-state index contributed by atoms with van der Waals surface area (Å²) in [5, 5.41) is 18.3. The molecule has 2 aromatic heterocycles. The van der Waals surface area contributed by atoms with Gasteiger partial charge in [-0.3, -0.25) is 4.90 Å². The van der Waals surface area contributed by atoms with E-state index in [0.717, 1.165) is 5.39 Å². The predicted octanol–water partition coefficient (Wildman–Crippen LogP) is 2.46. The largest absolute Gasteiger partial charge is 0.462 e. The number of benzene rings is 1. The average Bonchev–Trinajstić information content (AvgIpc) is 3.40. The van der Waals surface area contributed by atoms with Gasteiger partial charge >= 0.3 is 5.97 Å². The van der Waals surface area contributed by atoms with Crippen molar-refractivity contribution in [3.63, 3.8) is 0 Å². The van der Waals surface area contributed by atoms with Crippen LogP contribution in [-0.4, -0.2) is 92.6 Å². The first-order valence-corrected chi connectivity index (χ1v) is 12.6. The fourth-order valence-electron chi connectivity index (χ4n) is 5.19. The van der Waals surface area contributed by atoms with Gasteiger partial charge in [0.25, 0.3) is 5.92 Å². The van der Waals surface area contributed by atoms with Crippen molar-refractivity contribution in [2.45, 2.75) is 50.3 Å². The van der Waals surface area contributed by atoms with Crippen molar-refractivity contribution in [3.8, 4) is 5.69 Å². The van der Waals surface area contributed by atoms with Crippen LogP contribution in [0, 0.1) is 0 Å². The van der Waals surface area contributed by atoms with E-state index in [1.165, 1.54) is 0 Å². The van der Waals surface area contributed by atoms with Crippen LogP contribution in [-0.2, 0) is 4.74 Å². The number of ether oxygens (including phenoxy) is 1. The third-order valence-electron chi connectivity index (χ3n) is 7.33. The van der Waals surface area contributed by atoms with Crippen molar-refractivity contribution in [1.29, 1.82) is 0 Å². The number of hydrogen-bond acceptors (Lipinski definition) is 9. The van der Waals surface area contributed by atoms with E-state index < -0.39 is 11.9 Å². The number of fused-ring (bicyclic) bond motifs is 1. The second kappa shape index (κ2) is 9.18. The zero-order chi connectivity index (χ0) is 25.7. The van der Waals surface area contributed by atoms with Crippen LogP contribution in [0.4, 0.5) is 20.5 Å². The first-order chi connectivity index (χ1) is 17.8. The topological polar surface area (TPSA) is 109 Å². The summed E-state index contributed by atoms with van der Waals surface area (Å²) >= 11 is 0. The van der Waals surface area contributed by atoms with Crippen molar-refractivity contribution in [3.05, 3.63) is 36.0 Å². The highest BCUT2D eigenvalue weighted by molar-refractivity contribution is 5.91. The molecule has 3 aromatic rings. The van der Waals surface area contributed by atoms with E-state index >= 15 is 0 Å². The van der Waals surface area contributed by atoms with Gasteiger partial charge in [0, 0.05) is 38.1 Å². The van der Waals surface area contributed by atoms with E-state index in [4.69, 9.17) is 14.7 Å². The normalized spacial score (nSPS) is 23.6. The fraction of sp³-hybridized carbons (Fsp3) is 0.520. The molecule has 12 heteroatoms. The highest BCUT2D eigenvalue weighted by atomic mass is 19.3. The highest BCUT2D eigenvalue weighted by Crippen LogP contribution is 2.35. The maximum Gasteiger partial charge on any atom is 0.338 e. The molecular weight excluding hydrogens is 484 g/mol. The van der Waals surface area contributed by atoms with Gasteiger partial charge in [0.2, 0.25) is 5.95 Å². The number of carbonyl (C=O) groups excluding carboxylic acids is 1. The Hall–Kier alpha value is -3.38. The van der Waals surface area contributed by atoms with E-state index in [2.05, 4.69) is 15.3 Å². The SMILES string of the molecule is CCOC(=O)c1cccc(-n2ncc3c(N4CC(N5CCC(F)(F)C5)C4)nc(N[C@H]4C[C@@H](O)C4)nc32)c1. The molecule has 1 aromatic carbocycles. The first kappa shape index (κ1) is 24.0. The number of halogens is 2. The molecule has 1 aliphatic carbocycles. The summed E-state index contributed by atoms with van der Waals surface area (Å²) in [7, 11) is 0. The summed E-state index contributed by atoms with van der Waals surface area (Å²) in [5.41, 5.74) is 1.62. The van der Waals surface area contributed by atoms with Crippen molar-refractivity contribution < 1.29 is 23.4 Å². The van der Waals surface area contributed by atoms with Crippen LogP contribution in [0.5, 0.6) is 0 Å². The van der Waals surface area contributed by atoms with Crippen molar-refractivity contribution in [2.24, 2.45) is 0 Å². The number of aliphatic hydroxyl groups excluding tert-OH is 1. The second-order valence-electron chi connectivity index (χ2n) is 10.0. The second-order valence-corrected chi connectivity index (χ2v) is 10.0. The van der Waals surface area contributed by atoms with Gasteiger partial charge in [-0.1, -0.05) is 6.07 Å². The Morgan fingerprint density at radius 2 is 2.08 bits per heavy atom. The molecule has 10 nitrogen and oxygen atoms in total. The van der Waals surface area contributed by atoms with E-state index in [0.29, 0.717) is 61.1 Å². The van der Waals surface area contributed by atoms with Gasteiger partial charge in [-0.05, 0) is 38.0 Å². The van der Waals surface area contributed by atoms with Crippen LogP contribution in [0.1, 0.15) is 36.5 Å². The Morgan fingerprint density at radius 3 is 2.78 bits per heavy atom. The molecular formula is C25H29F2N7O3. The number of hydrogen-bond donors (Lipinski definition) is 2. The Balaban J connectivity index is 1.32. The van der Waals surface area contributed by atoms with Gasteiger partial charge in [-0.2, -0.15) is 15.1 Å². The standard InChI is InChI=1S/C25H29F2N7O3/c1-2-37-23(36)15-4-3-5-17(8-15)34-22-20(11-28-34)21(30-24(31-22)29-16-9-19(35)10-16)33-12-18(13-33)32-7-6-25(26,27)14-32/h3-5,8,11,16,18-19,35H,2,6-7,9-10,12-14H2,1H3,(H,29,30,31)/t16-,19+. The molecule has 4 heterocycles. The molecule has 1 saturated carbocycles. The van der Waals surface area contributed by atoms with Crippen LogP contribution < -0.4 is 10.2 Å². The summed E-state index contributed by atoms with van der Waals surface area (Å²) < 4.78 is 34.2. The van der Waals surface area contributed by atoms with Gasteiger partial charge in [0.1, 0.15) is 5.82 Å². The summed E-state index contributed by atoms with van der Waals surface area (Å²) in [5.74, 6) is -1.94. The van der Waals surface area contributed by atoms with Crippen molar-refractivity contribution >= 4 is 28.8 Å². The van der Waals surface area contributed by atoms with Gasteiger partial charge < -0.3 is 20.1 Å². The molecule has 196 valence electrons. The van der Waals surface area contributed by atoms with Crippen molar-refractivity contribution in [1.82, 2.24) is 24.6 Å². The molecule has 0 bridgehead atoms. The zero-order valence-corrected chi connectivity index (χ0v) is 20.5. The number of nitrogens with zero attached hydrogens (tertiary/aromatic N) is 6. The molecule has 0 unspecified atom stereocenters. The summed E-state index contributed by atoms with van der Waals surface area (Å²) in [6, 6.07) is 7.10. The lowest BCUT2D eigenvalue weighted by Gasteiger charge is -2.44. The minimum absolute atomic E-state index is 0.0490. The molecule has 2 N–H and O–H groups in total. The maximum absolute atomic E-state index is 13.7. The van der Waals surface area contributed by atoms with Crippen LogP contribution in [0.2, 0.25) is 0 Å². The summed E-state index contributed by atoms with van der Waals surface area (Å²) in [4.78, 5) is 25.7. The van der Waals surface area contributed by atoms with Crippen LogP contribution in [0.3, 0.4) is 0 Å². The number of esters is 1. The summed E-state index contributed by atoms with van der Waals surface area (Å²) in [6.45, 7) is 3.42. The number of likely N-dealkylation sites (tertiary alicyclic amines) is 1. The third-order valence-corrected chi connectivity index (χ3v) is 7.33. The molecule has 2 aliphatic heterocycles. The predicted molar refractivity (Wildman–Crippen MR) is 132 cm³/mol. The molecule has 2 saturated heterocycles. The van der Waals surface area contributed by atoms with Gasteiger partial charge in [-0.15, -0.1) is 0 Å². The molecule has 37 heavy (non-hydrogen) atoms. The minimum Gasteiger partial charge on any atom is -0.462 e. The molecule has 0 radical (unpaired) electrons. The van der Waals surface area contributed by atoms with E-state index in [1.807, 2.05) is 11.0 Å². The quantitative estimate of drug-likeness (QED) is 0.461. The highest BCUT2D eigenvalue weighted by Gasteiger charge is 2.44. The summed E-state index contributed by atoms with van der Waals surface area (Å²) in [6.07, 6.45) is 2.50. The molecule has 0 amide bonds. The van der Waals surface area contributed by atoms with E-state index in [1.54, 1.807) is 36.0 Å². The smallest absolute Gasteiger partial charge is 0.338 e. The average molecular weight is 514 g/mol. The fourth-order valence-corrected chi connectivity index (χ4v) is 5.19. The van der Waals surface area contributed by atoms with Crippen molar-refractivity contribution in [2.75, 3.05) is 43.0 Å². The lowest BCUT2D eigenvalue weighted by molar-refractivity contribution is 0.00600. The molecule has 6 rings (SSSR count). The first-order valence-electron chi connectivity index (χ1n) is 12.6. The Bertz CT molecular complexity index is 1320.